The SMILES string of the molecule is CCCCC[CH-]CC[C@@H]1[C@H]2Cc3cccc(O)c3C[C@H]2C[C@H]1OC(=O)c1ccccc1.[U]. The minimum absolute atomic E-state index is 0. The molecule has 1 N–H and O–H groups in total. The van der Waals surface area contributed by atoms with Crippen LogP contribution in [-0.2, 0) is 17.6 Å². The number of esters is 1. The van der Waals surface area contributed by atoms with E-state index in [9.17, 15) is 9.90 Å². The summed E-state index contributed by atoms with van der Waals surface area (Å²) in [6.07, 6.45) is 12.3. The van der Waals surface area contributed by atoms with Crippen LogP contribution >= 0.6 is 0 Å². The average Bonchev–Trinajstić information content (AvgIpc) is 3.11. The van der Waals surface area contributed by atoms with Gasteiger partial charge >= 0.3 is 5.97 Å². The van der Waals surface area contributed by atoms with Crippen LogP contribution < -0.4 is 0 Å². The predicted molar refractivity (Wildman–Crippen MR) is 124 cm³/mol. The van der Waals surface area contributed by atoms with Gasteiger partial charge in [-0.3, -0.25) is 0 Å². The number of phenols is 1. The van der Waals surface area contributed by atoms with Crippen LogP contribution in [0.4, 0.5) is 0 Å². The fraction of sp³-hybridized carbons (Fsp3) is 0.500. The van der Waals surface area contributed by atoms with Gasteiger partial charge in [-0.2, -0.15) is 12.8 Å². The summed E-state index contributed by atoms with van der Waals surface area (Å²) in [6.45, 7) is 2.24. The van der Waals surface area contributed by atoms with Crippen LogP contribution in [0.5, 0.6) is 5.75 Å². The monoisotopic (exact) mass is 657 g/mol. The van der Waals surface area contributed by atoms with Crippen LogP contribution in [0.1, 0.15) is 73.4 Å². The molecule has 0 unspecified atom stereocenters. The maximum atomic E-state index is 12.8. The molecule has 4 heteroatoms. The molecule has 0 saturated heterocycles. The minimum Gasteiger partial charge on any atom is -0.508 e. The fourth-order valence-electron chi connectivity index (χ4n) is 5.70. The number of phenolic OH excluding ortho intramolecular Hbond substituents is 1. The van der Waals surface area contributed by atoms with Gasteiger partial charge < -0.3 is 16.3 Å². The molecule has 2 aliphatic carbocycles. The summed E-state index contributed by atoms with van der Waals surface area (Å²) in [5, 5.41) is 10.4. The van der Waals surface area contributed by atoms with Gasteiger partial charge in [-0.15, -0.1) is 0 Å². The molecular weight excluding hydrogens is 622 g/mol. The van der Waals surface area contributed by atoms with Gasteiger partial charge in [-0.05, 0) is 66.3 Å². The number of aromatic hydroxyl groups is 1. The van der Waals surface area contributed by atoms with Crippen molar-refractivity contribution < 1.29 is 45.8 Å². The summed E-state index contributed by atoms with van der Waals surface area (Å²) >= 11 is 0. The van der Waals surface area contributed by atoms with E-state index in [1.807, 2.05) is 36.4 Å². The molecule has 1 fully saturated rings. The Balaban J connectivity index is 0.00000289. The summed E-state index contributed by atoms with van der Waals surface area (Å²) in [5.41, 5.74) is 3.00. The number of hydrogen-bond acceptors (Lipinski definition) is 3. The number of benzene rings is 2. The molecule has 4 rings (SSSR count). The van der Waals surface area contributed by atoms with Gasteiger partial charge in [-0.25, -0.2) is 4.79 Å². The second kappa shape index (κ2) is 12.3. The smallest absolute Gasteiger partial charge is 0.338 e. The number of carbonyl (C=O) groups is 1. The normalized spacial score (nSPS) is 23.7. The van der Waals surface area contributed by atoms with E-state index in [0.717, 1.165) is 37.7 Å². The molecule has 3 nitrogen and oxygen atoms in total. The molecule has 0 bridgehead atoms. The quantitative estimate of drug-likeness (QED) is 0.190. The number of ether oxygens (including phenoxy) is 1. The first-order valence-corrected chi connectivity index (χ1v) is 12.0. The van der Waals surface area contributed by atoms with Crippen LogP contribution in [0.25, 0.3) is 0 Å². The second-order valence-corrected chi connectivity index (χ2v) is 9.32. The van der Waals surface area contributed by atoms with E-state index in [-0.39, 0.29) is 43.2 Å². The Morgan fingerprint density at radius 2 is 1.88 bits per heavy atom. The van der Waals surface area contributed by atoms with Crippen LogP contribution in [-0.4, -0.2) is 17.2 Å². The molecule has 2 aromatic rings. The number of hydrogen-bond donors (Lipinski definition) is 1. The van der Waals surface area contributed by atoms with Crippen LogP contribution in [0.15, 0.2) is 48.5 Å². The van der Waals surface area contributed by atoms with E-state index in [0.29, 0.717) is 29.1 Å². The Kier molecular flexibility index (Phi) is 9.75. The van der Waals surface area contributed by atoms with E-state index >= 15 is 0 Å². The maximum Gasteiger partial charge on any atom is 0.338 e. The van der Waals surface area contributed by atoms with Gasteiger partial charge in [0.1, 0.15) is 11.9 Å². The summed E-state index contributed by atoms with van der Waals surface area (Å²) in [6, 6.07) is 15.2. The van der Waals surface area contributed by atoms with Crippen molar-refractivity contribution in [3.8, 4) is 5.75 Å². The zero-order chi connectivity index (χ0) is 21.6. The van der Waals surface area contributed by atoms with Gasteiger partial charge in [0, 0.05) is 31.1 Å². The zero-order valence-corrected chi connectivity index (χ0v) is 23.3. The second-order valence-electron chi connectivity index (χ2n) is 9.32. The third-order valence-electron chi connectivity index (χ3n) is 7.32. The number of carbonyl (C=O) groups excluding carboxylic acids is 1. The largest absolute Gasteiger partial charge is 0.508 e. The van der Waals surface area contributed by atoms with Gasteiger partial charge in [0.2, 0.25) is 0 Å². The van der Waals surface area contributed by atoms with E-state index in [2.05, 4.69) is 19.4 Å². The van der Waals surface area contributed by atoms with E-state index in [1.54, 1.807) is 6.07 Å². The van der Waals surface area contributed by atoms with Crippen molar-refractivity contribution in [2.24, 2.45) is 17.8 Å². The summed E-state index contributed by atoms with van der Waals surface area (Å²) in [7, 11) is 0. The molecule has 2 aliphatic rings. The Bertz CT molecular complexity index is 866. The first-order valence-electron chi connectivity index (χ1n) is 12.0. The molecule has 2 aromatic carbocycles. The third kappa shape index (κ3) is 6.00. The van der Waals surface area contributed by atoms with E-state index in [1.165, 1.54) is 31.2 Å². The van der Waals surface area contributed by atoms with Gasteiger partial charge in [0.25, 0.3) is 0 Å². The van der Waals surface area contributed by atoms with Gasteiger partial charge in [0.05, 0.1) is 5.56 Å². The molecule has 4 atom stereocenters. The molecule has 0 amide bonds. The maximum absolute atomic E-state index is 12.8. The van der Waals surface area contributed by atoms with Crippen molar-refractivity contribution in [1.82, 2.24) is 0 Å². The molecule has 1 saturated carbocycles. The molecule has 32 heavy (non-hydrogen) atoms. The topological polar surface area (TPSA) is 46.5 Å². The Morgan fingerprint density at radius 3 is 2.66 bits per heavy atom. The zero-order valence-electron chi connectivity index (χ0n) is 19.1. The minimum atomic E-state index is -0.207. The number of unbranched alkanes of at least 4 members (excludes halogenated alkanes) is 5. The average molecular weight is 658 g/mol. The Morgan fingerprint density at radius 1 is 1.06 bits per heavy atom. The molecule has 0 aromatic heterocycles. The summed E-state index contributed by atoms with van der Waals surface area (Å²) < 4.78 is 6.11. The van der Waals surface area contributed by atoms with Crippen LogP contribution in [0.2, 0.25) is 0 Å². The van der Waals surface area contributed by atoms with Gasteiger partial charge in [-0.1, -0.05) is 62.9 Å². The van der Waals surface area contributed by atoms with Crippen LogP contribution in [0.3, 0.4) is 0 Å². The number of rotatable bonds is 9. The van der Waals surface area contributed by atoms with Crippen molar-refractivity contribution >= 4 is 5.97 Å². The van der Waals surface area contributed by atoms with Gasteiger partial charge in [0.15, 0.2) is 0 Å². The van der Waals surface area contributed by atoms with E-state index < -0.39 is 0 Å². The van der Waals surface area contributed by atoms with E-state index in [4.69, 9.17) is 4.74 Å². The molecule has 0 spiro atoms. The summed E-state index contributed by atoms with van der Waals surface area (Å²) in [5.74, 6) is 1.59. The molecule has 0 radical (unpaired) electrons. The molecule has 0 aliphatic heterocycles. The van der Waals surface area contributed by atoms with Crippen molar-refractivity contribution in [2.75, 3.05) is 0 Å². The Labute approximate surface area is 216 Å². The van der Waals surface area contributed by atoms with Crippen molar-refractivity contribution in [3.05, 3.63) is 71.6 Å². The fourth-order valence-corrected chi connectivity index (χ4v) is 5.70. The standard InChI is InChI=1S/C28H35O3.U/c1-2-3-4-5-6-10-15-23-24-17-21-14-11-16-26(29)25(21)18-22(24)19-27(23)31-28(30)20-12-8-7-9-13-20;/h6-9,11-14,16,22-24,27,29H,2-5,10,15,17-19H2,1H3;/q-1;/t22-,23+,24-,27+;/m0./s1. The first-order chi connectivity index (χ1) is 15.2. The van der Waals surface area contributed by atoms with Crippen molar-refractivity contribution in [1.29, 1.82) is 0 Å². The molecule has 170 valence electrons. The molecule has 0 heterocycles. The van der Waals surface area contributed by atoms with Crippen LogP contribution in [0, 0.1) is 55.3 Å². The first kappa shape index (κ1) is 25.4. The molecular formula is C28H35O3U-. The summed E-state index contributed by atoms with van der Waals surface area (Å²) in [4.78, 5) is 12.8. The number of fused-ring (bicyclic) bond motifs is 2. The third-order valence-corrected chi connectivity index (χ3v) is 7.32. The van der Waals surface area contributed by atoms with Crippen molar-refractivity contribution in [2.45, 2.75) is 70.8 Å². The predicted octanol–water partition coefficient (Wildman–Crippen LogP) is 6.53. The van der Waals surface area contributed by atoms with Crippen molar-refractivity contribution in [3.63, 3.8) is 0 Å². The Hall–Kier alpha value is -1.24.